The summed E-state index contributed by atoms with van der Waals surface area (Å²) in [7, 11) is -4.03. The molecule has 0 heterocycles. The second-order valence-electron chi connectivity index (χ2n) is 7.78. The van der Waals surface area contributed by atoms with Gasteiger partial charge in [0.05, 0.1) is 32.2 Å². The summed E-state index contributed by atoms with van der Waals surface area (Å²) in [6.45, 7) is 4.91. The van der Waals surface area contributed by atoms with Crippen LogP contribution in [0.1, 0.15) is 22.3 Å². The van der Waals surface area contributed by atoms with Crippen LogP contribution in [0.3, 0.4) is 0 Å². The monoisotopic (exact) mass is 524 g/mol. The molecular weight excluding hydrogens is 503 g/mol. The van der Waals surface area contributed by atoms with Crippen molar-refractivity contribution < 1.29 is 13.2 Å². The topological polar surface area (TPSA) is 66.5 Å². The van der Waals surface area contributed by atoms with Crippen molar-refractivity contribution in [1.29, 1.82) is 0 Å². The lowest BCUT2D eigenvalue weighted by Gasteiger charge is -2.24. The number of nitrogens with zero attached hydrogens (tertiary/aromatic N) is 1. The van der Waals surface area contributed by atoms with Gasteiger partial charge in [-0.15, -0.1) is 0 Å². The van der Waals surface area contributed by atoms with E-state index in [4.69, 9.17) is 34.8 Å². The fourth-order valence-corrected chi connectivity index (χ4v) is 5.98. The zero-order valence-electron chi connectivity index (χ0n) is 18.3. The van der Waals surface area contributed by atoms with E-state index in [1.165, 1.54) is 0 Å². The van der Waals surface area contributed by atoms with Gasteiger partial charge in [-0.25, -0.2) is 8.42 Å². The number of nitrogens with one attached hydrogen (secondary N) is 1. The molecule has 174 valence electrons. The lowest BCUT2D eigenvalue weighted by molar-refractivity contribution is -0.116. The smallest absolute Gasteiger partial charge is 0.244 e. The van der Waals surface area contributed by atoms with Crippen LogP contribution in [0.2, 0.25) is 15.1 Å². The normalized spacial score (nSPS) is 11.6. The maximum absolute atomic E-state index is 13.8. The molecule has 3 aromatic carbocycles. The molecule has 3 aromatic rings. The van der Waals surface area contributed by atoms with Gasteiger partial charge in [-0.3, -0.25) is 4.79 Å². The average molecular weight is 526 g/mol. The van der Waals surface area contributed by atoms with Crippen molar-refractivity contribution in [3.05, 3.63) is 91.9 Å². The second kappa shape index (κ2) is 10.5. The number of anilines is 1. The molecule has 0 atom stereocenters. The standard InChI is InChI=1S/C24H23Cl3N2O3S/c1-15-10-16(2)24(17(3)11-15)33(31,32)29(13-18-8-9-19(25)21(27)12-18)14-23(30)28-22-7-5-4-6-20(22)26/h4-12H,13-14H2,1-3H3,(H,28,30). The third-order valence-corrected chi connectivity index (χ3v) is 8.18. The molecule has 0 bridgehead atoms. The Labute approximate surface area is 209 Å². The van der Waals surface area contributed by atoms with Crippen molar-refractivity contribution in [3.8, 4) is 0 Å². The number of carbonyl (C=O) groups is 1. The molecule has 0 aromatic heterocycles. The Morgan fingerprint density at radius 3 is 2.12 bits per heavy atom. The van der Waals surface area contributed by atoms with Gasteiger partial charge in [-0.05, 0) is 61.7 Å². The minimum absolute atomic E-state index is 0.0675. The van der Waals surface area contributed by atoms with Gasteiger partial charge in [0.2, 0.25) is 15.9 Å². The number of amides is 1. The first-order valence-electron chi connectivity index (χ1n) is 10.1. The van der Waals surface area contributed by atoms with Gasteiger partial charge in [0.25, 0.3) is 0 Å². The van der Waals surface area contributed by atoms with Crippen LogP contribution in [0.5, 0.6) is 0 Å². The zero-order valence-corrected chi connectivity index (χ0v) is 21.4. The van der Waals surface area contributed by atoms with Gasteiger partial charge in [0.1, 0.15) is 0 Å². The minimum Gasteiger partial charge on any atom is -0.324 e. The molecular formula is C24H23Cl3N2O3S. The lowest BCUT2D eigenvalue weighted by atomic mass is 10.1. The number of hydrogen-bond donors (Lipinski definition) is 1. The highest BCUT2D eigenvalue weighted by atomic mass is 35.5. The summed E-state index contributed by atoms with van der Waals surface area (Å²) in [5, 5.41) is 3.70. The number of aryl methyl sites for hydroxylation is 3. The average Bonchev–Trinajstić information content (AvgIpc) is 2.71. The molecule has 0 aliphatic rings. The summed E-state index contributed by atoms with van der Waals surface area (Å²) in [5.41, 5.74) is 3.17. The minimum atomic E-state index is -4.03. The molecule has 0 unspecified atom stereocenters. The summed E-state index contributed by atoms with van der Waals surface area (Å²) in [5.74, 6) is -0.519. The van der Waals surface area contributed by atoms with Crippen LogP contribution < -0.4 is 5.32 Å². The third-order valence-electron chi connectivity index (χ3n) is 5.01. The molecule has 5 nitrogen and oxygen atoms in total. The van der Waals surface area contributed by atoms with Crippen LogP contribution >= 0.6 is 34.8 Å². The number of sulfonamides is 1. The van der Waals surface area contributed by atoms with Gasteiger partial charge in [-0.1, -0.05) is 70.7 Å². The van der Waals surface area contributed by atoms with Crippen LogP contribution in [0, 0.1) is 20.8 Å². The van der Waals surface area contributed by atoms with Crippen molar-refractivity contribution >= 4 is 56.4 Å². The largest absolute Gasteiger partial charge is 0.324 e. The van der Waals surface area contributed by atoms with E-state index < -0.39 is 22.5 Å². The van der Waals surface area contributed by atoms with Crippen molar-refractivity contribution in [2.45, 2.75) is 32.2 Å². The zero-order chi connectivity index (χ0) is 24.3. The molecule has 1 N–H and O–H groups in total. The molecule has 1 amide bonds. The number of halogens is 3. The predicted octanol–water partition coefficient (Wildman–Crippen LogP) is 6.40. The summed E-state index contributed by atoms with van der Waals surface area (Å²) in [6.07, 6.45) is 0. The number of carbonyl (C=O) groups excluding carboxylic acids is 1. The Morgan fingerprint density at radius 1 is 0.879 bits per heavy atom. The highest BCUT2D eigenvalue weighted by Crippen LogP contribution is 2.29. The number of benzene rings is 3. The Morgan fingerprint density at radius 2 is 1.52 bits per heavy atom. The highest BCUT2D eigenvalue weighted by Gasteiger charge is 2.30. The summed E-state index contributed by atoms with van der Waals surface area (Å²) < 4.78 is 28.6. The fraction of sp³-hybridized carbons (Fsp3) is 0.208. The molecule has 0 saturated carbocycles. The molecule has 0 aliphatic heterocycles. The van der Waals surface area contributed by atoms with Gasteiger partial charge >= 0.3 is 0 Å². The first-order valence-corrected chi connectivity index (χ1v) is 12.6. The van der Waals surface area contributed by atoms with Crippen LogP contribution in [0.15, 0.2) is 59.5 Å². The van der Waals surface area contributed by atoms with Gasteiger partial charge < -0.3 is 5.32 Å². The third kappa shape index (κ3) is 6.08. The molecule has 0 radical (unpaired) electrons. The van der Waals surface area contributed by atoms with Gasteiger partial charge in [0.15, 0.2) is 0 Å². The summed E-state index contributed by atoms with van der Waals surface area (Å²) in [6, 6.07) is 15.2. The lowest BCUT2D eigenvalue weighted by Crippen LogP contribution is -2.38. The molecule has 33 heavy (non-hydrogen) atoms. The van der Waals surface area contributed by atoms with E-state index >= 15 is 0 Å². The van der Waals surface area contributed by atoms with E-state index in [1.54, 1.807) is 68.4 Å². The SMILES string of the molecule is Cc1cc(C)c(S(=O)(=O)N(CC(=O)Nc2ccccc2Cl)Cc2ccc(Cl)c(Cl)c2)c(C)c1. The molecule has 9 heteroatoms. The maximum atomic E-state index is 13.8. The van der Waals surface area contributed by atoms with Gasteiger partial charge in [-0.2, -0.15) is 4.31 Å². The fourth-order valence-electron chi connectivity index (χ4n) is 3.68. The Bertz CT molecular complexity index is 1290. The van der Waals surface area contributed by atoms with E-state index in [9.17, 15) is 13.2 Å². The van der Waals surface area contributed by atoms with Crippen LogP contribution in [0.4, 0.5) is 5.69 Å². The maximum Gasteiger partial charge on any atom is 0.244 e. The molecule has 0 fully saturated rings. The molecule has 0 aliphatic carbocycles. The van der Waals surface area contributed by atoms with Crippen molar-refractivity contribution in [2.75, 3.05) is 11.9 Å². The Hall–Kier alpha value is -2.09. The van der Waals surface area contributed by atoms with Crippen LogP contribution in [-0.4, -0.2) is 25.2 Å². The van der Waals surface area contributed by atoms with E-state index in [2.05, 4.69) is 5.32 Å². The first-order chi connectivity index (χ1) is 15.5. The Kier molecular flexibility index (Phi) is 8.08. The highest BCUT2D eigenvalue weighted by molar-refractivity contribution is 7.89. The first kappa shape index (κ1) is 25.5. The molecule has 0 saturated heterocycles. The summed E-state index contributed by atoms with van der Waals surface area (Å²) in [4.78, 5) is 13.0. The quantitative estimate of drug-likeness (QED) is 0.388. The molecule has 3 rings (SSSR count). The van der Waals surface area contributed by atoms with Crippen molar-refractivity contribution in [3.63, 3.8) is 0 Å². The number of hydrogen-bond acceptors (Lipinski definition) is 3. The van der Waals surface area contributed by atoms with E-state index in [-0.39, 0.29) is 11.4 Å². The Balaban J connectivity index is 2.00. The number of rotatable bonds is 7. The van der Waals surface area contributed by atoms with E-state index in [1.807, 2.05) is 6.92 Å². The number of para-hydroxylation sites is 1. The van der Waals surface area contributed by atoms with Crippen LogP contribution in [0.25, 0.3) is 0 Å². The van der Waals surface area contributed by atoms with Gasteiger partial charge in [0, 0.05) is 6.54 Å². The molecule has 0 spiro atoms. The van der Waals surface area contributed by atoms with Crippen molar-refractivity contribution in [1.82, 2.24) is 4.31 Å². The predicted molar refractivity (Wildman–Crippen MR) is 135 cm³/mol. The van der Waals surface area contributed by atoms with E-state index in [0.717, 1.165) is 9.87 Å². The second-order valence-corrected chi connectivity index (χ2v) is 10.9. The van der Waals surface area contributed by atoms with E-state index in [0.29, 0.717) is 37.4 Å². The van der Waals surface area contributed by atoms with Crippen LogP contribution in [-0.2, 0) is 21.4 Å². The summed E-state index contributed by atoms with van der Waals surface area (Å²) >= 11 is 18.3. The van der Waals surface area contributed by atoms with Crippen molar-refractivity contribution in [2.24, 2.45) is 0 Å².